The quantitative estimate of drug-likeness (QED) is 0.126. The maximum absolute atomic E-state index is 11.8. The van der Waals surface area contributed by atoms with Crippen LogP contribution in [0.2, 0.25) is 0 Å². The number of ether oxygens (including phenoxy) is 2. The van der Waals surface area contributed by atoms with Gasteiger partial charge in [0.1, 0.15) is 18.0 Å². The maximum Gasteiger partial charge on any atom is 0.407 e. The Labute approximate surface area is 250 Å². The zero-order chi connectivity index (χ0) is 30.2. The lowest BCUT2D eigenvalue weighted by Crippen LogP contribution is -2.33. The van der Waals surface area contributed by atoms with Crippen molar-refractivity contribution in [3.63, 3.8) is 0 Å². The van der Waals surface area contributed by atoms with Crippen molar-refractivity contribution in [2.45, 2.75) is 71.3 Å². The van der Waals surface area contributed by atoms with Crippen LogP contribution < -0.4 is 15.4 Å². The zero-order valence-electron chi connectivity index (χ0n) is 25.1. The number of carbonyl (C=O) groups is 2. The van der Waals surface area contributed by atoms with Crippen LogP contribution in [0.1, 0.15) is 69.2 Å². The molecule has 3 aromatic rings. The molecule has 3 aromatic carbocycles. The molecule has 0 saturated heterocycles. The van der Waals surface area contributed by atoms with E-state index >= 15 is 0 Å². The van der Waals surface area contributed by atoms with Gasteiger partial charge in [-0.25, -0.2) is 4.79 Å². The Balaban J connectivity index is 1.54. The van der Waals surface area contributed by atoms with Crippen molar-refractivity contribution in [3.8, 4) is 5.75 Å². The van der Waals surface area contributed by atoms with Gasteiger partial charge in [-0.15, -0.1) is 0 Å². The summed E-state index contributed by atoms with van der Waals surface area (Å²) in [5.74, 6) is 0.546. The minimum Gasteiger partial charge on any atom is -0.487 e. The summed E-state index contributed by atoms with van der Waals surface area (Å²) in [7, 11) is 0. The van der Waals surface area contributed by atoms with Crippen LogP contribution in [0.15, 0.2) is 78.9 Å². The molecule has 226 valence electrons. The molecule has 8 heteroatoms. The minimum absolute atomic E-state index is 0.373. The molecule has 42 heavy (non-hydrogen) atoms. The molecule has 0 aliphatic carbocycles. The van der Waals surface area contributed by atoms with E-state index in [0.717, 1.165) is 44.3 Å². The highest BCUT2D eigenvalue weighted by Crippen LogP contribution is 2.29. The molecule has 3 rings (SSSR count). The number of unbranched alkanes of at least 4 members (excludes halogenated alkanes) is 3. The lowest BCUT2D eigenvalue weighted by atomic mass is 10.1. The average molecular weight is 576 g/mol. The van der Waals surface area contributed by atoms with Crippen LogP contribution >= 0.6 is 0 Å². The number of aliphatic hydroxyl groups excluding tert-OH is 1. The van der Waals surface area contributed by atoms with Crippen LogP contribution in [-0.4, -0.2) is 47.7 Å². The Bertz CT molecular complexity index is 1210. The van der Waals surface area contributed by atoms with E-state index in [1.807, 2.05) is 75.4 Å². The van der Waals surface area contributed by atoms with Crippen LogP contribution in [0.4, 0.5) is 10.5 Å². The number of amides is 2. The molecule has 8 nitrogen and oxygen atoms in total. The summed E-state index contributed by atoms with van der Waals surface area (Å²) in [6, 6.07) is 25.4. The Morgan fingerprint density at radius 1 is 0.929 bits per heavy atom. The molecule has 3 N–H and O–H groups in total. The van der Waals surface area contributed by atoms with Crippen molar-refractivity contribution < 1.29 is 24.2 Å². The number of anilines is 1. The third-order valence-electron chi connectivity index (χ3n) is 6.59. The predicted molar refractivity (Wildman–Crippen MR) is 166 cm³/mol. The summed E-state index contributed by atoms with van der Waals surface area (Å²) in [6.07, 6.45) is 3.34. The molecule has 0 bridgehead atoms. The highest BCUT2D eigenvalue weighted by Gasteiger charge is 2.17. The molecule has 0 heterocycles. The number of hydrogen-bond acceptors (Lipinski definition) is 6. The standard InChI is InChI=1S/C34H45N3O5/c1-34(2,3)42-33(40)35-20-12-4-5-13-21-37(23-27-14-8-6-9-15-27)24-31(39)29-18-19-32(30(22-29)36-26-38)41-25-28-16-10-7-11-17-28/h6-11,14-19,22,26,31,39H,4-5,12-13,20-21,23-25H2,1-3H3,(H,35,40)(H,36,38). The Morgan fingerprint density at radius 2 is 1.60 bits per heavy atom. The number of nitrogens with zero attached hydrogens (tertiary/aromatic N) is 1. The van der Waals surface area contributed by atoms with Crippen LogP contribution in [0.5, 0.6) is 5.75 Å². The van der Waals surface area contributed by atoms with Gasteiger partial charge in [-0.2, -0.15) is 0 Å². The Hall–Kier alpha value is -3.88. The first-order valence-corrected chi connectivity index (χ1v) is 14.7. The number of carbonyl (C=O) groups excluding carboxylic acids is 2. The van der Waals surface area contributed by atoms with E-state index in [-0.39, 0.29) is 6.09 Å². The number of aliphatic hydroxyl groups is 1. The second-order valence-electron chi connectivity index (χ2n) is 11.4. The van der Waals surface area contributed by atoms with Crippen molar-refractivity contribution in [1.29, 1.82) is 0 Å². The summed E-state index contributed by atoms with van der Waals surface area (Å²) in [5, 5.41) is 16.7. The SMILES string of the molecule is CC(C)(C)OC(=O)NCCCCCCN(Cc1ccccc1)CC(O)c1ccc(OCc2ccccc2)c(NC=O)c1. The first-order valence-electron chi connectivity index (χ1n) is 14.7. The van der Waals surface area contributed by atoms with E-state index in [2.05, 4.69) is 27.7 Å². The fourth-order valence-corrected chi connectivity index (χ4v) is 4.54. The van der Waals surface area contributed by atoms with Gasteiger partial charge in [-0.05, 0) is 69.0 Å². The van der Waals surface area contributed by atoms with Crippen LogP contribution in [-0.2, 0) is 22.7 Å². The van der Waals surface area contributed by atoms with Crippen LogP contribution in [0, 0.1) is 0 Å². The molecule has 0 fully saturated rings. The number of benzene rings is 3. The van der Waals surface area contributed by atoms with Gasteiger partial charge in [0, 0.05) is 19.6 Å². The van der Waals surface area contributed by atoms with Crippen LogP contribution in [0.3, 0.4) is 0 Å². The van der Waals surface area contributed by atoms with Gasteiger partial charge >= 0.3 is 6.09 Å². The first-order chi connectivity index (χ1) is 20.2. The van der Waals surface area contributed by atoms with Gasteiger partial charge in [0.2, 0.25) is 6.41 Å². The Kier molecular flexibility index (Phi) is 13.3. The van der Waals surface area contributed by atoms with E-state index in [4.69, 9.17) is 9.47 Å². The van der Waals surface area contributed by atoms with Gasteiger partial charge in [-0.3, -0.25) is 9.69 Å². The van der Waals surface area contributed by atoms with Crippen molar-refractivity contribution in [1.82, 2.24) is 10.2 Å². The summed E-state index contributed by atoms with van der Waals surface area (Å²) in [4.78, 5) is 25.4. The summed E-state index contributed by atoms with van der Waals surface area (Å²) >= 11 is 0. The molecular formula is C34H45N3O5. The number of alkyl carbamates (subject to hydrolysis) is 1. The van der Waals surface area contributed by atoms with Gasteiger partial charge in [0.05, 0.1) is 11.8 Å². The average Bonchev–Trinajstić information content (AvgIpc) is 2.96. The summed E-state index contributed by atoms with van der Waals surface area (Å²) in [5.41, 5.74) is 2.93. The van der Waals surface area contributed by atoms with Gasteiger partial charge < -0.3 is 25.2 Å². The largest absolute Gasteiger partial charge is 0.487 e. The van der Waals surface area contributed by atoms with Gasteiger partial charge in [0.25, 0.3) is 0 Å². The van der Waals surface area contributed by atoms with Crippen molar-refractivity contribution in [2.75, 3.05) is 25.0 Å². The molecule has 1 atom stereocenters. The predicted octanol–water partition coefficient (Wildman–Crippen LogP) is 6.45. The van der Waals surface area contributed by atoms with Crippen molar-refractivity contribution in [2.24, 2.45) is 0 Å². The van der Waals surface area contributed by atoms with E-state index in [1.54, 1.807) is 12.1 Å². The second kappa shape index (κ2) is 17.2. The monoisotopic (exact) mass is 575 g/mol. The topological polar surface area (TPSA) is 100 Å². The molecule has 0 aliphatic heterocycles. The van der Waals surface area contributed by atoms with E-state index in [1.165, 1.54) is 5.56 Å². The van der Waals surface area contributed by atoms with E-state index < -0.39 is 11.7 Å². The van der Waals surface area contributed by atoms with Gasteiger partial charge in [-0.1, -0.05) is 79.6 Å². The minimum atomic E-state index is -0.748. The maximum atomic E-state index is 11.8. The van der Waals surface area contributed by atoms with Crippen molar-refractivity contribution in [3.05, 3.63) is 95.6 Å². The molecule has 0 radical (unpaired) electrons. The third kappa shape index (κ3) is 12.3. The zero-order valence-corrected chi connectivity index (χ0v) is 25.1. The molecule has 0 saturated carbocycles. The van der Waals surface area contributed by atoms with Crippen LogP contribution in [0.25, 0.3) is 0 Å². The third-order valence-corrected chi connectivity index (χ3v) is 6.59. The van der Waals surface area contributed by atoms with Crippen molar-refractivity contribution >= 4 is 18.2 Å². The second-order valence-corrected chi connectivity index (χ2v) is 11.4. The molecule has 0 aromatic heterocycles. The normalized spacial score (nSPS) is 12.0. The lowest BCUT2D eigenvalue weighted by molar-refractivity contribution is -0.105. The fourth-order valence-electron chi connectivity index (χ4n) is 4.54. The molecule has 0 aliphatic rings. The Morgan fingerprint density at radius 3 is 2.26 bits per heavy atom. The fraction of sp³-hybridized carbons (Fsp3) is 0.412. The van der Waals surface area contributed by atoms with E-state index in [0.29, 0.717) is 43.1 Å². The number of nitrogens with one attached hydrogen (secondary N) is 2. The highest BCUT2D eigenvalue weighted by atomic mass is 16.6. The molecule has 1 unspecified atom stereocenters. The number of hydrogen-bond donors (Lipinski definition) is 3. The summed E-state index contributed by atoms with van der Waals surface area (Å²) < 4.78 is 11.2. The molecular weight excluding hydrogens is 530 g/mol. The highest BCUT2D eigenvalue weighted by molar-refractivity contribution is 5.76. The lowest BCUT2D eigenvalue weighted by Gasteiger charge is -2.26. The molecule has 0 spiro atoms. The van der Waals surface area contributed by atoms with Gasteiger partial charge in [0.15, 0.2) is 0 Å². The van der Waals surface area contributed by atoms with E-state index in [9.17, 15) is 14.7 Å². The summed E-state index contributed by atoms with van der Waals surface area (Å²) in [6.45, 7) is 8.49. The smallest absolute Gasteiger partial charge is 0.407 e. The first kappa shape index (κ1) is 32.6. The number of rotatable bonds is 17. The molecule has 2 amide bonds.